The molecule has 0 aliphatic carbocycles. The molecule has 1 aromatic heterocycles. The van der Waals surface area contributed by atoms with Crippen molar-refractivity contribution in [3.8, 4) is 0 Å². The molecule has 0 spiro atoms. The third kappa shape index (κ3) is 5.44. The number of aliphatic imine (C=N–C) groups is 1. The molecule has 1 unspecified atom stereocenters. The van der Waals surface area contributed by atoms with Crippen molar-refractivity contribution in [1.29, 1.82) is 0 Å². The molecular weight excluding hydrogens is 351 g/mol. The summed E-state index contributed by atoms with van der Waals surface area (Å²) in [6.45, 7) is 5.10. The van der Waals surface area contributed by atoms with Crippen LogP contribution in [0.25, 0.3) is 0 Å². The summed E-state index contributed by atoms with van der Waals surface area (Å²) in [7, 11) is 3.62. The van der Waals surface area contributed by atoms with Crippen molar-refractivity contribution < 1.29 is 9.50 Å². The number of thiophene rings is 1. The van der Waals surface area contributed by atoms with Crippen LogP contribution in [0.1, 0.15) is 25.0 Å². The van der Waals surface area contributed by atoms with Gasteiger partial charge in [-0.2, -0.15) is 11.3 Å². The minimum atomic E-state index is -0.990. The fourth-order valence-corrected chi connectivity index (χ4v) is 3.24. The number of rotatable bonds is 7. The first-order valence-corrected chi connectivity index (χ1v) is 9.50. The largest absolute Gasteiger partial charge is 0.384 e. The van der Waals surface area contributed by atoms with Gasteiger partial charge in [-0.05, 0) is 53.9 Å². The fourth-order valence-electron chi connectivity index (χ4n) is 2.45. The molecule has 0 amide bonds. The first kappa shape index (κ1) is 20.2. The Morgan fingerprint density at radius 2 is 2.08 bits per heavy atom. The Balaban J connectivity index is 2.03. The molecule has 0 bridgehead atoms. The summed E-state index contributed by atoms with van der Waals surface area (Å²) in [5.74, 6) is 0.321. The molecule has 26 heavy (non-hydrogen) atoms. The van der Waals surface area contributed by atoms with Gasteiger partial charge in [0.05, 0.1) is 18.8 Å². The molecule has 0 saturated carbocycles. The lowest BCUT2D eigenvalue weighted by molar-refractivity contribution is 0.0621. The molecule has 2 rings (SSSR count). The number of anilines is 1. The number of hydrogen-bond acceptors (Lipinski definition) is 4. The van der Waals surface area contributed by atoms with E-state index in [1.54, 1.807) is 29.2 Å². The molecule has 3 N–H and O–H groups in total. The molecule has 0 radical (unpaired) electrons. The summed E-state index contributed by atoms with van der Waals surface area (Å²) >= 11 is 1.55. The lowest BCUT2D eigenvalue weighted by Crippen LogP contribution is -2.44. The Bertz CT molecular complexity index is 729. The number of aliphatic hydroxyl groups is 1. The standard InChI is InChI=1S/C19H27FN4OS/c1-5-21-18(23-13-19(2,25)15-8-9-26-12-15)22-11-14-6-7-17(24(3)4)16(20)10-14/h6-10,12,25H,5,11,13H2,1-4H3,(H2,21,22,23). The van der Waals surface area contributed by atoms with E-state index in [9.17, 15) is 9.50 Å². The van der Waals surface area contributed by atoms with Gasteiger partial charge in [0, 0.05) is 20.6 Å². The zero-order chi connectivity index (χ0) is 19.2. The highest BCUT2D eigenvalue weighted by molar-refractivity contribution is 7.08. The van der Waals surface area contributed by atoms with Crippen molar-refractivity contribution in [2.24, 2.45) is 4.99 Å². The van der Waals surface area contributed by atoms with Crippen LogP contribution < -0.4 is 15.5 Å². The Morgan fingerprint density at radius 1 is 1.31 bits per heavy atom. The Hall–Kier alpha value is -2.12. The zero-order valence-electron chi connectivity index (χ0n) is 15.7. The molecule has 0 saturated heterocycles. The zero-order valence-corrected chi connectivity index (χ0v) is 16.5. The summed E-state index contributed by atoms with van der Waals surface area (Å²) in [4.78, 5) is 6.23. The van der Waals surface area contributed by atoms with Crippen molar-refractivity contribution in [3.05, 3.63) is 52.0 Å². The van der Waals surface area contributed by atoms with Crippen molar-refractivity contribution in [2.45, 2.75) is 26.0 Å². The van der Waals surface area contributed by atoms with Crippen LogP contribution >= 0.6 is 11.3 Å². The smallest absolute Gasteiger partial charge is 0.191 e. The molecule has 1 atom stereocenters. The molecule has 7 heteroatoms. The molecule has 0 aliphatic heterocycles. The van der Waals surface area contributed by atoms with Gasteiger partial charge in [0.15, 0.2) is 5.96 Å². The predicted octanol–water partition coefficient (Wildman–Crippen LogP) is 2.92. The van der Waals surface area contributed by atoms with Gasteiger partial charge in [0.2, 0.25) is 0 Å². The summed E-state index contributed by atoms with van der Waals surface area (Å²) in [5, 5.41) is 20.8. The topological polar surface area (TPSA) is 59.9 Å². The van der Waals surface area contributed by atoms with Crippen LogP contribution in [0, 0.1) is 5.82 Å². The van der Waals surface area contributed by atoms with Crippen LogP contribution in [0.4, 0.5) is 10.1 Å². The van der Waals surface area contributed by atoms with Crippen LogP contribution in [0.15, 0.2) is 40.0 Å². The summed E-state index contributed by atoms with van der Waals surface area (Å²) < 4.78 is 14.1. The predicted molar refractivity (Wildman–Crippen MR) is 107 cm³/mol. The Labute approximate surface area is 158 Å². The van der Waals surface area contributed by atoms with Crippen molar-refractivity contribution in [3.63, 3.8) is 0 Å². The summed E-state index contributed by atoms with van der Waals surface area (Å²) in [6, 6.07) is 7.03. The second kappa shape index (κ2) is 9.00. The van der Waals surface area contributed by atoms with Gasteiger partial charge in [-0.25, -0.2) is 9.38 Å². The summed E-state index contributed by atoms with van der Waals surface area (Å²) in [6.07, 6.45) is 0. The molecule has 142 valence electrons. The van der Waals surface area contributed by atoms with E-state index in [1.165, 1.54) is 6.07 Å². The maximum Gasteiger partial charge on any atom is 0.191 e. The maximum absolute atomic E-state index is 14.1. The van der Waals surface area contributed by atoms with E-state index in [0.717, 1.165) is 11.1 Å². The third-order valence-electron chi connectivity index (χ3n) is 4.00. The van der Waals surface area contributed by atoms with Crippen LogP contribution in [-0.2, 0) is 12.1 Å². The van der Waals surface area contributed by atoms with Gasteiger partial charge in [-0.3, -0.25) is 0 Å². The van der Waals surface area contributed by atoms with Gasteiger partial charge in [0.1, 0.15) is 11.4 Å². The van der Waals surface area contributed by atoms with Crippen LogP contribution in [0.3, 0.4) is 0 Å². The molecule has 5 nitrogen and oxygen atoms in total. The Kier molecular flexibility index (Phi) is 6.99. The number of nitrogens with one attached hydrogen (secondary N) is 2. The van der Waals surface area contributed by atoms with E-state index in [1.807, 2.05) is 43.9 Å². The molecule has 2 aromatic rings. The van der Waals surface area contributed by atoms with E-state index >= 15 is 0 Å². The lowest BCUT2D eigenvalue weighted by atomic mass is 9.99. The number of hydrogen-bond donors (Lipinski definition) is 3. The number of halogens is 1. The van der Waals surface area contributed by atoms with Crippen LogP contribution in [0.5, 0.6) is 0 Å². The Morgan fingerprint density at radius 3 is 2.65 bits per heavy atom. The highest BCUT2D eigenvalue weighted by Gasteiger charge is 2.23. The summed E-state index contributed by atoms with van der Waals surface area (Å²) in [5.41, 5.74) is 1.21. The van der Waals surface area contributed by atoms with E-state index in [0.29, 0.717) is 31.3 Å². The van der Waals surface area contributed by atoms with E-state index < -0.39 is 5.60 Å². The first-order chi connectivity index (χ1) is 12.3. The normalized spacial score (nSPS) is 14.0. The second-order valence-corrected chi connectivity index (χ2v) is 7.29. The van der Waals surface area contributed by atoms with E-state index in [2.05, 4.69) is 15.6 Å². The highest BCUT2D eigenvalue weighted by Crippen LogP contribution is 2.22. The average Bonchev–Trinajstić information content (AvgIpc) is 3.12. The minimum absolute atomic E-state index is 0.263. The maximum atomic E-state index is 14.1. The molecule has 1 heterocycles. The van der Waals surface area contributed by atoms with E-state index in [4.69, 9.17) is 0 Å². The van der Waals surface area contributed by atoms with Gasteiger partial charge < -0.3 is 20.6 Å². The van der Waals surface area contributed by atoms with Gasteiger partial charge in [-0.15, -0.1) is 0 Å². The number of benzene rings is 1. The van der Waals surface area contributed by atoms with E-state index in [-0.39, 0.29) is 5.82 Å². The SMILES string of the molecule is CCNC(=NCc1ccc(N(C)C)c(F)c1)NCC(C)(O)c1ccsc1. The number of nitrogens with zero attached hydrogens (tertiary/aromatic N) is 2. The third-order valence-corrected chi connectivity index (χ3v) is 4.68. The van der Waals surface area contributed by atoms with Gasteiger partial charge in [0.25, 0.3) is 0 Å². The van der Waals surface area contributed by atoms with Crippen molar-refractivity contribution in [2.75, 3.05) is 32.1 Å². The van der Waals surface area contributed by atoms with Crippen LogP contribution in [-0.4, -0.2) is 38.3 Å². The minimum Gasteiger partial charge on any atom is -0.384 e. The second-order valence-electron chi connectivity index (χ2n) is 6.51. The molecule has 1 aromatic carbocycles. The highest BCUT2D eigenvalue weighted by atomic mass is 32.1. The molecule has 0 aliphatic rings. The van der Waals surface area contributed by atoms with Crippen molar-refractivity contribution in [1.82, 2.24) is 10.6 Å². The molecule has 0 fully saturated rings. The first-order valence-electron chi connectivity index (χ1n) is 8.56. The average molecular weight is 379 g/mol. The van der Waals surface area contributed by atoms with Crippen LogP contribution in [0.2, 0.25) is 0 Å². The number of guanidine groups is 1. The van der Waals surface area contributed by atoms with Gasteiger partial charge in [-0.1, -0.05) is 6.07 Å². The van der Waals surface area contributed by atoms with Gasteiger partial charge >= 0.3 is 0 Å². The fraction of sp³-hybridized carbons (Fsp3) is 0.421. The molecular formula is C19H27FN4OS. The van der Waals surface area contributed by atoms with Crippen molar-refractivity contribution >= 4 is 23.0 Å². The monoisotopic (exact) mass is 378 g/mol. The lowest BCUT2D eigenvalue weighted by Gasteiger charge is -2.24. The quantitative estimate of drug-likeness (QED) is 0.512.